The van der Waals surface area contributed by atoms with Crippen LogP contribution in [0.5, 0.6) is 11.5 Å². The lowest BCUT2D eigenvalue weighted by Crippen LogP contribution is -2.19. The van der Waals surface area contributed by atoms with Gasteiger partial charge in [0.2, 0.25) is 0 Å². The fraction of sp³-hybridized carbons (Fsp3) is 0.294. The molecule has 1 N–H and O–H groups in total. The van der Waals surface area contributed by atoms with Gasteiger partial charge >= 0.3 is 0 Å². The van der Waals surface area contributed by atoms with E-state index in [0.29, 0.717) is 12.1 Å². The van der Waals surface area contributed by atoms with E-state index >= 15 is 0 Å². The lowest BCUT2D eigenvalue weighted by Gasteiger charge is -2.16. The second-order valence-corrected chi connectivity index (χ2v) is 4.85. The molecule has 0 amide bonds. The van der Waals surface area contributed by atoms with Crippen molar-refractivity contribution in [1.82, 2.24) is 5.32 Å². The Kier molecular flexibility index (Phi) is 5.17. The molecule has 0 saturated heterocycles. The highest BCUT2D eigenvalue weighted by atomic mass is 19.1. The molecule has 112 valence electrons. The largest absolute Gasteiger partial charge is 0.497 e. The van der Waals surface area contributed by atoms with Gasteiger partial charge in [-0.05, 0) is 30.7 Å². The molecule has 2 aromatic carbocycles. The minimum atomic E-state index is -0.194. The van der Waals surface area contributed by atoms with E-state index in [4.69, 9.17) is 9.47 Å². The third kappa shape index (κ3) is 3.95. The van der Waals surface area contributed by atoms with E-state index in [2.05, 4.69) is 5.32 Å². The van der Waals surface area contributed by atoms with Gasteiger partial charge in [0.15, 0.2) is 0 Å². The Morgan fingerprint density at radius 2 is 1.67 bits per heavy atom. The molecule has 2 aromatic rings. The Morgan fingerprint density at radius 1 is 1.05 bits per heavy atom. The first-order valence-electron chi connectivity index (χ1n) is 6.83. The molecule has 2 rings (SSSR count). The first-order valence-corrected chi connectivity index (χ1v) is 6.83. The smallest absolute Gasteiger partial charge is 0.127 e. The van der Waals surface area contributed by atoms with Gasteiger partial charge in [-0.15, -0.1) is 0 Å². The lowest BCUT2D eigenvalue weighted by molar-refractivity contribution is 0.392. The fourth-order valence-corrected chi connectivity index (χ4v) is 2.18. The summed E-state index contributed by atoms with van der Waals surface area (Å²) in [6.45, 7) is 2.54. The van der Waals surface area contributed by atoms with E-state index in [1.165, 1.54) is 6.07 Å². The molecule has 0 radical (unpaired) electrons. The van der Waals surface area contributed by atoms with Gasteiger partial charge in [-0.25, -0.2) is 4.39 Å². The van der Waals surface area contributed by atoms with E-state index in [9.17, 15) is 4.39 Å². The SMILES string of the molecule is COc1cc(CN[C@H](C)c2ccccc2F)cc(OC)c1. The second-order valence-electron chi connectivity index (χ2n) is 4.85. The van der Waals surface area contributed by atoms with Crippen LogP contribution in [0.1, 0.15) is 24.1 Å². The topological polar surface area (TPSA) is 30.5 Å². The van der Waals surface area contributed by atoms with Crippen LogP contribution >= 0.6 is 0 Å². The minimum absolute atomic E-state index is 0.0802. The van der Waals surface area contributed by atoms with Gasteiger partial charge in [-0.3, -0.25) is 0 Å². The Labute approximate surface area is 124 Å². The van der Waals surface area contributed by atoms with Crippen molar-refractivity contribution in [2.24, 2.45) is 0 Å². The van der Waals surface area contributed by atoms with Gasteiger partial charge in [0.05, 0.1) is 14.2 Å². The predicted molar refractivity (Wildman–Crippen MR) is 81.2 cm³/mol. The van der Waals surface area contributed by atoms with Crippen LogP contribution in [0.4, 0.5) is 4.39 Å². The van der Waals surface area contributed by atoms with Crippen LogP contribution in [0.15, 0.2) is 42.5 Å². The molecule has 4 heteroatoms. The van der Waals surface area contributed by atoms with Gasteiger partial charge in [0.25, 0.3) is 0 Å². The van der Waals surface area contributed by atoms with Crippen LogP contribution in [0, 0.1) is 5.82 Å². The third-order valence-electron chi connectivity index (χ3n) is 3.40. The third-order valence-corrected chi connectivity index (χ3v) is 3.40. The van der Waals surface area contributed by atoms with Crippen LogP contribution in [0.25, 0.3) is 0 Å². The Balaban J connectivity index is 2.07. The molecule has 0 aliphatic rings. The van der Waals surface area contributed by atoms with E-state index in [0.717, 1.165) is 17.1 Å². The maximum atomic E-state index is 13.7. The zero-order valence-corrected chi connectivity index (χ0v) is 12.5. The van der Waals surface area contributed by atoms with Gasteiger partial charge in [0, 0.05) is 24.2 Å². The number of benzene rings is 2. The summed E-state index contributed by atoms with van der Waals surface area (Å²) < 4.78 is 24.2. The van der Waals surface area contributed by atoms with E-state index in [1.54, 1.807) is 26.4 Å². The maximum absolute atomic E-state index is 13.7. The van der Waals surface area contributed by atoms with E-state index in [1.807, 2.05) is 31.2 Å². The number of ether oxygens (including phenoxy) is 2. The summed E-state index contributed by atoms with van der Waals surface area (Å²) in [7, 11) is 3.24. The molecule has 0 unspecified atom stereocenters. The predicted octanol–water partition coefficient (Wildman–Crippen LogP) is 3.69. The Morgan fingerprint density at radius 3 is 2.24 bits per heavy atom. The van der Waals surface area contributed by atoms with Gasteiger partial charge < -0.3 is 14.8 Å². The number of rotatable bonds is 6. The van der Waals surface area contributed by atoms with Crippen molar-refractivity contribution in [1.29, 1.82) is 0 Å². The molecule has 0 saturated carbocycles. The molecule has 1 atom stereocenters. The normalized spacial score (nSPS) is 12.0. The number of hydrogen-bond donors (Lipinski definition) is 1. The lowest BCUT2D eigenvalue weighted by atomic mass is 10.1. The summed E-state index contributed by atoms with van der Waals surface area (Å²) in [5.41, 5.74) is 1.68. The Hall–Kier alpha value is -2.07. The molecule has 0 aliphatic heterocycles. The first kappa shape index (κ1) is 15.3. The van der Waals surface area contributed by atoms with Crippen molar-refractivity contribution in [3.8, 4) is 11.5 Å². The average Bonchev–Trinajstić information content (AvgIpc) is 2.52. The first-order chi connectivity index (χ1) is 10.1. The van der Waals surface area contributed by atoms with Gasteiger partial charge in [-0.2, -0.15) is 0 Å². The summed E-state index contributed by atoms with van der Waals surface area (Å²) in [6.07, 6.45) is 0. The molecule has 0 spiro atoms. The van der Waals surface area contributed by atoms with Gasteiger partial charge in [0.1, 0.15) is 17.3 Å². The van der Waals surface area contributed by atoms with Gasteiger partial charge in [-0.1, -0.05) is 18.2 Å². The highest BCUT2D eigenvalue weighted by Crippen LogP contribution is 2.23. The zero-order chi connectivity index (χ0) is 15.2. The summed E-state index contributed by atoms with van der Waals surface area (Å²) >= 11 is 0. The van der Waals surface area contributed by atoms with Crippen molar-refractivity contribution in [2.75, 3.05) is 14.2 Å². The number of nitrogens with one attached hydrogen (secondary N) is 1. The van der Waals surface area contributed by atoms with Crippen LogP contribution in [-0.2, 0) is 6.54 Å². The number of hydrogen-bond acceptors (Lipinski definition) is 3. The standard InChI is InChI=1S/C17H20FNO2/c1-12(16-6-4-5-7-17(16)18)19-11-13-8-14(20-2)10-15(9-13)21-3/h4-10,12,19H,11H2,1-3H3/t12-/m1/s1. The monoisotopic (exact) mass is 289 g/mol. The highest BCUT2D eigenvalue weighted by molar-refractivity contribution is 5.38. The Bertz CT molecular complexity index is 579. The molecule has 0 bridgehead atoms. The molecule has 0 heterocycles. The van der Waals surface area contributed by atoms with Crippen LogP contribution in [0.3, 0.4) is 0 Å². The molecule has 0 fully saturated rings. The number of halogens is 1. The highest BCUT2D eigenvalue weighted by Gasteiger charge is 2.10. The zero-order valence-electron chi connectivity index (χ0n) is 12.5. The quantitative estimate of drug-likeness (QED) is 0.879. The van der Waals surface area contributed by atoms with Crippen molar-refractivity contribution in [3.05, 3.63) is 59.4 Å². The molecule has 3 nitrogen and oxygen atoms in total. The molecule has 21 heavy (non-hydrogen) atoms. The minimum Gasteiger partial charge on any atom is -0.497 e. The van der Waals surface area contributed by atoms with Crippen molar-refractivity contribution in [2.45, 2.75) is 19.5 Å². The van der Waals surface area contributed by atoms with Crippen LogP contribution < -0.4 is 14.8 Å². The molecule has 0 aliphatic carbocycles. The van der Waals surface area contributed by atoms with Crippen molar-refractivity contribution >= 4 is 0 Å². The van der Waals surface area contributed by atoms with E-state index in [-0.39, 0.29) is 11.9 Å². The van der Waals surface area contributed by atoms with Crippen molar-refractivity contribution < 1.29 is 13.9 Å². The number of methoxy groups -OCH3 is 2. The maximum Gasteiger partial charge on any atom is 0.127 e. The fourth-order valence-electron chi connectivity index (χ4n) is 2.18. The summed E-state index contributed by atoms with van der Waals surface area (Å²) in [6, 6.07) is 12.4. The summed E-state index contributed by atoms with van der Waals surface area (Å²) in [5, 5.41) is 3.31. The molecular weight excluding hydrogens is 269 g/mol. The molecule has 0 aromatic heterocycles. The van der Waals surface area contributed by atoms with Crippen LogP contribution in [0.2, 0.25) is 0 Å². The molecular formula is C17H20FNO2. The summed E-state index contributed by atoms with van der Waals surface area (Å²) in [5.74, 6) is 1.29. The van der Waals surface area contributed by atoms with E-state index < -0.39 is 0 Å². The second kappa shape index (κ2) is 7.09. The summed E-state index contributed by atoms with van der Waals surface area (Å²) in [4.78, 5) is 0. The average molecular weight is 289 g/mol. The van der Waals surface area contributed by atoms with Crippen molar-refractivity contribution in [3.63, 3.8) is 0 Å². The van der Waals surface area contributed by atoms with Crippen LogP contribution in [-0.4, -0.2) is 14.2 Å².